The third-order valence-corrected chi connectivity index (χ3v) is 4.37. The summed E-state index contributed by atoms with van der Waals surface area (Å²) in [6.07, 6.45) is 1.51. The summed E-state index contributed by atoms with van der Waals surface area (Å²) in [5.41, 5.74) is 1.62. The maximum Gasteiger partial charge on any atom is 0.262 e. The number of nitriles is 1. The number of hydrogen-bond donors (Lipinski definition) is 1. The molecule has 1 amide bonds. The van der Waals surface area contributed by atoms with Crippen LogP contribution in [-0.4, -0.2) is 20.1 Å². The Kier molecular flexibility index (Phi) is 6.81. The predicted octanol–water partition coefficient (Wildman–Crippen LogP) is 4.25. The molecule has 1 unspecified atom stereocenters. The molecule has 1 N–H and O–H groups in total. The molecule has 134 valence electrons. The molecule has 0 fully saturated rings. The van der Waals surface area contributed by atoms with E-state index in [0.717, 1.165) is 5.56 Å². The molecule has 2 aromatic carbocycles. The number of methoxy groups -OCH3 is 2. The lowest BCUT2D eigenvalue weighted by Crippen LogP contribution is -2.27. The molecular formula is C20H19BrN2O3. The fourth-order valence-corrected chi connectivity index (χ4v) is 3.06. The largest absolute Gasteiger partial charge is 0.493 e. The monoisotopic (exact) mass is 414 g/mol. The number of amides is 1. The van der Waals surface area contributed by atoms with E-state index in [0.29, 0.717) is 21.5 Å². The van der Waals surface area contributed by atoms with Gasteiger partial charge >= 0.3 is 0 Å². The molecule has 0 saturated carbocycles. The molecule has 2 aromatic rings. The van der Waals surface area contributed by atoms with Crippen LogP contribution in [-0.2, 0) is 4.79 Å². The lowest BCUT2D eigenvalue weighted by Gasteiger charge is -2.14. The van der Waals surface area contributed by atoms with E-state index in [2.05, 4.69) is 21.2 Å². The summed E-state index contributed by atoms with van der Waals surface area (Å²) in [4.78, 5) is 12.5. The van der Waals surface area contributed by atoms with Gasteiger partial charge in [-0.05, 0) is 52.2 Å². The van der Waals surface area contributed by atoms with Crippen molar-refractivity contribution >= 4 is 27.9 Å². The molecule has 0 aliphatic carbocycles. The van der Waals surface area contributed by atoms with Crippen LogP contribution in [0, 0.1) is 11.3 Å². The van der Waals surface area contributed by atoms with Gasteiger partial charge in [-0.3, -0.25) is 4.79 Å². The van der Waals surface area contributed by atoms with Gasteiger partial charge in [-0.1, -0.05) is 30.3 Å². The minimum atomic E-state index is -0.435. The summed E-state index contributed by atoms with van der Waals surface area (Å²) >= 11 is 3.40. The Bertz CT molecular complexity index is 857. The molecule has 0 heterocycles. The first-order chi connectivity index (χ1) is 12.5. The third-order valence-electron chi connectivity index (χ3n) is 3.78. The van der Waals surface area contributed by atoms with Crippen LogP contribution in [0.5, 0.6) is 11.5 Å². The van der Waals surface area contributed by atoms with Crippen molar-refractivity contribution < 1.29 is 14.3 Å². The van der Waals surface area contributed by atoms with E-state index in [1.54, 1.807) is 12.1 Å². The van der Waals surface area contributed by atoms with E-state index in [-0.39, 0.29) is 11.6 Å². The van der Waals surface area contributed by atoms with Gasteiger partial charge < -0.3 is 14.8 Å². The molecule has 2 rings (SSSR count). The number of ether oxygens (including phenoxy) is 2. The van der Waals surface area contributed by atoms with Gasteiger partial charge in [-0.15, -0.1) is 0 Å². The smallest absolute Gasteiger partial charge is 0.262 e. The van der Waals surface area contributed by atoms with Crippen molar-refractivity contribution in [3.63, 3.8) is 0 Å². The minimum absolute atomic E-state index is 0.00639. The second-order valence-corrected chi connectivity index (χ2v) is 6.37. The summed E-state index contributed by atoms with van der Waals surface area (Å²) in [6.45, 7) is 1.87. The summed E-state index contributed by atoms with van der Waals surface area (Å²) in [6, 6.07) is 14.8. The first kappa shape index (κ1) is 19.5. The van der Waals surface area contributed by atoms with Crippen molar-refractivity contribution in [2.75, 3.05) is 14.2 Å². The van der Waals surface area contributed by atoms with Crippen molar-refractivity contribution in [2.24, 2.45) is 0 Å². The van der Waals surface area contributed by atoms with Crippen LogP contribution in [0.1, 0.15) is 24.1 Å². The summed E-state index contributed by atoms with van der Waals surface area (Å²) in [5.74, 6) is 0.614. The standard InChI is InChI=1S/C20H19BrN2O3/c1-13(15-7-5-4-6-8-15)23-20(24)16(12-22)9-14-10-17(21)19(26-3)18(11-14)25-2/h4-11,13H,1-3H3,(H,23,24). The second kappa shape index (κ2) is 9.07. The fourth-order valence-electron chi connectivity index (χ4n) is 2.44. The Morgan fingerprint density at radius 2 is 1.92 bits per heavy atom. The first-order valence-corrected chi connectivity index (χ1v) is 8.68. The van der Waals surface area contributed by atoms with Gasteiger partial charge in [-0.25, -0.2) is 0 Å². The predicted molar refractivity (Wildman–Crippen MR) is 104 cm³/mol. The average Bonchev–Trinajstić information content (AvgIpc) is 2.66. The molecular weight excluding hydrogens is 396 g/mol. The summed E-state index contributed by atoms with van der Waals surface area (Å²) in [7, 11) is 3.06. The number of rotatable bonds is 6. The lowest BCUT2D eigenvalue weighted by molar-refractivity contribution is -0.117. The van der Waals surface area contributed by atoms with Crippen LogP contribution < -0.4 is 14.8 Å². The van der Waals surface area contributed by atoms with Gasteiger partial charge in [0.2, 0.25) is 0 Å². The Labute approximate surface area is 161 Å². The van der Waals surface area contributed by atoms with E-state index >= 15 is 0 Å². The SMILES string of the molecule is COc1cc(C=C(C#N)C(=O)NC(C)c2ccccc2)cc(Br)c1OC. The highest BCUT2D eigenvalue weighted by Gasteiger charge is 2.15. The molecule has 0 bridgehead atoms. The molecule has 0 saturated heterocycles. The average molecular weight is 415 g/mol. The number of halogens is 1. The van der Waals surface area contributed by atoms with Crippen molar-refractivity contribution in [1.29, 1.82) is 5.26 Å². The van der Waals surface area contributed by atoms with Crippen LogP contribution in [0.3, 0.4) is 0 Å². The number of nitrogens with one attached hydrogen (secondary N) is 1. The highest BCUT2D eigenvalue weighted by Crippen LogP contribution is 2.36. The third kappa shape index (κ3) is 4.64. The molecule has 0 radical (unpaired) electrons. The van der Waals surface area contributed by atoms with Gasteiger partial charge in [0, 0.05) is 0 Å². The maximum atomic E-state index is 12.5. The van der Waals surface area contributed by atoms with E-state index in [4.69, 9.17) is 9.47 Å². The molecule has 0 spiro atoms. The van der Waals surface area contributed by atoms with Crippen molar-refractivity contribution in [1.82, 2.24) is 5.32 Å². The molecule has 0 aliphatic rings. The zero-order valence-corrected chi connectivity index (χ0v) is 16.3. The topological polar surface area (TPSA) is 71.3 Å². The Morgan fingerprint density at radius 1 is 1.23 bits per heavy atom. The fraction of sp³-hybridized carbons (Fsp3) is 0.200. The van der Waals surface area contributed by atoms with Gasteiger partial charge in [0.05, 0.1) is 24.7 Å². The minimum Gasteiger partial charge on any atom is -0.493 e. The molecule has 26 heavy (non-hydrogen) atoms. The van der Waals surface area contributed by atoms with E-state index in [1.165, 1.54) is 20.3 Å². The maximum absolute atomic E-state index is 12.5. The highest BCUT2D eigenvalue weighted by molar-refractivity contribution is 9.10. The van der Waals surface area contributed by atoms with Gasteiger partial charge in [0.1, 0.15) is 11.6 Å². The number of benzene rings is 2. The second-order valence-electron chi connectivity index (χ2n) is 5.51. The van der Waals surface area contributed by atoms with Crippen LogP contribution >= 0.6 is 15.9 Å². The zero-order valence-electron chi connectivity index (χ0n) is 14.7. The highest BCUT2D eigenvalue weighted by atomic mass is 79.9. The van der Waals surface area contributed by atoms with Crippen molar-refractivity contribution in [3.05, 3.63) is 63.6 Å². The van der Waals surface area contributed by atoms with Crippen molar-refractivity contribution in [3.8, 4) is 17.6 Å². The number of carbonyl (C=O) groups is 1. The zero-order chi connectivity index (χ0) is 19.1. The molecule has 1 atom stereocenters. The van der Waals surface area contributed by atoms with E-state index < -0.39 is 5.91 Å². The Morgan fingerprint density at radius 3 is 2.50 bits per heavy atom. The van der Waals surface area contributed by atoms with Gasteiger partial charge in [0.25, 0.3) is 5.91 Å². The molecule has 0 aromatic heterocycles. The molecule has 6 heteroatoms. The van der Waals surface area contributed by atoms with Crippen LogP contribution in [0.25, 0.3) is 6.08 Å². The number of nitrogens with zero attached hydrogens (tertiary/aromatic N) is 1. The number of carbonyl (C=O) groups excluding carboxylic acids is 1. The molecule has 5 nitrogen and oxygen atoms in total. The van der Waals surface area contributed by atoms with Gasteiger partial charge in [-0.2, -0.15) is 5.26 Å². The van der Waals surface area contributed by atoms with E-state index in [1.807, 2.05) is 43.3 Å². The normalized spacial score (nSPS) is 12.0. The van der Waals surface area contributed by atoms with E-state index in [9.17, 15) is 10.1 Å². The lowest BCUT2D eigenvalue weighted by atomic mass is 10.1. The molecule has 0 aliphatic heterocycles. The Balaban J connectivity index is 2.26. The van der Waals surface area contributed by atoms with Crippen LogP contribution in [0.2, 0.25) is 0 Å². The van der Waals surface area contributed by atoms with Crippen molar-refractivity contribution in [2.45, 2.75) is 13.0 Å². The summed E-state index contributed by atoms with van der Waals surface area (Å²) in [5, 5.41) is 12.2. The van der Waals surface area contributed by atoms with Gasteiger partial charge in [0.15, 0.2) is 11.5 Å². The van der Waals surface area contributed by atoms with Crippen LogP contribution in [0.15, 0.2) is 52.5 Å². The summed E-state index contributed by atoms with van der Waals surface area (Å²) < 4.78 is 11.2. The van der Waals surface area contributed by atoms with Crippen LogP contribution in [0.4, 0.5) is 0 Å². The Hall–Kier alpha value is -2.78. The number of hydrogen-bond acceptors (Lipinski definition) is 4. The first-order valence-electron chi connectivity index (χ1n) is 7.89. The quantitative estimate of drug-likeness (QED) is 0.566.